The normalized spacial score (nSPS) is 16.5. The number of nitrogens with zero attached hydrogens (tertiary/aromatic N) is 3. The van der Waals surface area contributed by atoms with Crippen molar-refractivity contribution in [2.75, 3.05) is 33.3 Å². The number of amidine groups is 1. The molecule has 2 aliphatic heterocycles. The van der Waals surface area contributed by atoms with Crippen LogP contribution in [0.2, 0.25) is 5.02 Å². The van der Waals surface area contributed by atoms with Gasteiger partial charge in [0.2, 0.25) is 5.91 Å². The van der Waals surface area contributed by atoms with E-state index in [0.29, 0.717) is 22.2 Å². The Hall–Kier alpha value is -2.86. The molecule has 1 saturated heterocycles. The Morgan fingerprint density at radius 2 is 1.94 bits per heavy atom. The predicted octanol–water partition coefficient (Wildman–Crippen LogP) is 4.19. The zero-order chi connectivity index (χ0) is 22.0. The number of hydrogen-bond acceptors (Lipinski definition) is 4. The average molecular weight is 440 g/mol. The summed E-state index contributed by atoms with van der Waals surface area (Å²) in [6.07, 6.45) is 3.29. The van der Waals surface area contributed by atoms with Gasteiger partial charge in [-0.3, -0.25) is 19.5 Å². The van der Waals surface area contributed by atoms with Crippen LogP contribution in [-0.4, -0.2) is 60.7 Å². The number of aliphatic imine (C=N–C) groups is 1. The van der Waals surface area contributed by atoms with Gasteiger partial charge in [-0.2, -0.15) is 0 Å². The highest BCUT2D eigenvalue weighted by molar-refractivity contribution is 6.31. The molecule has 6 nitrogen and oxygen atoms in total. The molecule has 0 N–H and O–H groups in total. The average Bonchev–Trinajstić information content (AvgIpc) is 3.12. The third kappa shape index (κ3) is 4.59. The molecule has 2 amide bonds. The van der Waals surface area contributed by atoms with Gasteiger partial charge in [-0.25, -0.2) is 0 Å². The number of likely N-dealkylation sites (N-methyl/N-ethyl adjacent to an activating group) is 1. The molecule has 162 valence electrons. The third-order valence-electron chi connectivity index (χ3n) is 5.84. The number of benzene rings is 2. The molecule has 2 aliphatic rings. The Balaban J connectivity index is 1.62. The van der Waals surface area contributed by atoms with Crippen LogP contribution in [-0.2, 0) is 4.79 Å². The number of piperidine rings is 1. The predicted molar refractivity (Wildman–Crippen MR) is 122 cm³/mol. The molecule has 0 bridgehead atoms. The number of aryl methyl sites for hydroxylation is 1. The van der Waals surface area contributed by atoms with E-state index in [0.717, 1.165) is 42.6 Å². The van der Waals surface area contributed by atoms with Crippen LogP contribution in [0.4, 0.5) is 0 Å². The van der Waals surface area contributed by atoms with Crippen LogP contribution >= 0.6 is 11.6 Å². The topological polar surface area (TPSA) is 62.2 Å². The molecule has 0 aromatic heterocycles. The lowest BCUT2D eigenvalue weighted by Crippen LogP contribution is -2.35. The van der Waals surface area contributed by atoms with Crippen molar-refractivity contribution in [3.63, 3.8) is 0 Å². The fourth-order valence-corrected chi connectivity index (χ4v) is 4.06. The molecule has 2 aromatic carbocycles. The lowest BCUT2D eigenvalue weighted by Gasteiger charge is -2.27. The van der Waals surface area contributed by atoms with Crippen molar-refractivity contribution >= 4 is 29.3 Å². The molecule has 0 radical (unpaired) electrons. The summed E-state index contributed by atoms with van der Waals surface area (Å²) >= 11 is 6.42. The maximum absolute atomic E-state index is 13.0. The quantitative estimate of drug-likeness (QED) is 0.701. The van der Waals surface area contributed by atoms with E-state index in [4.69, 9.17) is 16.3 Å². The van der Waals surface area contributed by atoms with E-state index in [2.05, 4.69) is 4.99 Å². The Morgan fingerprint density at radius 1 is 1.16 bits per heavy atom. The second kappa shape index (κ2) is 9.10. The van der Waals surface area contributed by atoms with E-state index in [1.165, 1.54) is 11.3 Å². The molecule has 2 aromatic rings. The Kier molecular flexibility index (Phi) is 6.28. The van der Waals surface area contributed by atoms with Crippen LogP contribution in [0.25, 0.3) is 11.1 Å². The van der Waals surface area contributed by atoms with Gasteiger partial charge in [0.05, 0.1) is 0 Å². The molecular formula is C24H26ClN3O3. The lowest BCUT2D eigenvalue weighted by molar-refractivity contribution is -0.124. The van der Waals surface area contributed by atoms with Gasteiger partial charge < -0.3 is 9.64 Å². The number of likely N-dealkylation sites (tertiary alicyclic amines) is 1. The fourth-order valence-electron chi connectivity index (χ4n) is 3.90. The largest absolute Gasteiger partial charge is 0.485 e. The second-order valence-corrected chi connectivity index (χ2v) is 8.41. The Morgan fingerprint density at radius 3 is 2.65 bits per heavy atom. The summed E-state index contributed by atoms with van der Waals surface area (Å²) in [5.74, 6) is 1.25. The smallest absolute Gasteiger partial charge is 0.253 e. The van der Waals surface area contributed by atoms with Crippen LogP contribution in [0.3, 0.4) is 0 Å². The maximum atomic E-state index is 13.0. The number of amides is 2. The van der Waals surface area contributed by atoms with E-state index < -0.39 is 0 Å². The summed E-state index contributed by atoms with van der Waals surface area (Å²) in [7, 11) is 1.70. The van der Waals surface area contributed by atoms with Gasteiger partial charge in [0.25, 0.3) is 5.91 Å². The molecule has 0 aliphatic carbocycles. The van der Waals surface area contributed by atoms with E-state index in [1.807, 2.05) is 48.2 Å². The summed E-state index contributed by atoms with van der Waals surface area (Å²) in [6.45, 7) is 3.87. The van der Waals surface area contributed by atoms with Crippen LogP contribution < -0.4 is 4.74 Å². The van der Waals surface area contributed by atoms with Crippen LogP contribution in [0.1, 0.15) is 35.2 Å². The highest BCUT2D eigenvalue weighted by Crippen LogP contribution is 2.35. The minimum atomic E-state index is -0.0463. The molecular weight excluding hydrogens is 414 g/mol. The molecule has 0 atom stereocenters. The first-order valence-electron chi connectivity index (χ1n) is 10.6. The number of carbonyl (C=O) groups excluding carboxylic acids is 2. The molecule has 1 fully saturated rings. The van der Waals surface area contributed by atoms with Crippen LogP contribution in [0.5, 0.6) is 5.75 Å². The van der Waals surface area contributed by atoms with Crippen molar-refractivity contribution in [2.24, 2.45) is 4.99 Å². The molecule has 31 heavy (non-hydrogen) atoms. The highest BCUT2D eigenvalue weighted by Gasteiger charge is 2.23. The van der Waals surface area contributed by atoms with E-state index in [9.17, 15) is 9.59 Å². The number of carbonyl (C=O) groups is 2. The van der Waals surface area contributed by atoms with Crippen molar-refractivity contribution in [1.29, 1.82) is 0 Å². The Labute approximate surface area is 187 Å². The van der Waals surface area contributed by atoms with Gasteiger partial charge in [-0.15, -0.1) is 0 Å². The summed E-state index contributed by atoms with van der Waals surface area (Å²) in [5, 5.41) is 0.626. The first-order chi connectivity index (χ1) is 14.9. The zero-order valence-corrected chi connectivity index (χ0v) is 18.6. The van der Waals surface area contributed by atoms with Gasteiger partial charge in [0, 0.05) is 36.3 Å². The monoisotopic (exact) mass is 439 g/mol. The SMILES string of the molecule is Cc1cc(OCC2=NCC(=O)N2C)c(-c2cccc(C(=O)N3CCCCC3)c2)cc1Cl. The molecule has 7 heteroatoms. The summed E-state index contributed by atoms with van der Waals surface area (Å²) in [6, 6.07) is 11.3. The molecule has 0 unspecified atom stereocenters. The minimum Gasteiger partial charge on any atom is -0.485 e. The highest BCUT2D eigenvalue weighted by atomic mass is 35.5. The summed E-state index contributed by atoms with van der Waals surface area (Å²) in [5.41, 5.74) is 3.21. The zero-order valence-electron chi connectivity index (χ0n) is 17.9. The van der Waals surface area contributed by atoms with E-state index in [1.54, 1.807) is 7.05 Å². The second-order valence-electron chi connectivity index (χ2n) is 8.01. The van der Waals surface area contributed by atoms with Gasteiger partial charge in [-0.05, 0) is 61.6 Å². The van der Waals surface area contributed by atoms with E-state index >= 15 is 0 Å². The standard InChI is InChI=1S/C24H26ClN3O3/c1-16-11-21(31-15-22-26-14-23(29)27(22)2)19(13-20(16)25)17-7-6-8-18(12-17)24(30)28-9-4-3-5-10-28/h6-8,11-13H,3-5,9-10,14-15H2,1-2H3. The first kappa shape index (κ1) is 21.4. The first-order valence-corrected chi connectivity index (χ1v) is 10.9. The van der Waals surface area contributed by atoms with Crippen molar-refractivity contribution < 1.29 is 14.3 Å². The number of halogens is 1. The maximum Gasteiger partial charge on any atom is 0.253 e. The van der Waals surface area contributed by atoms with Gasteiger partial charge in [0.1, 0.15) is 24.7 Å². The van der Waals surface area contributed by atoms with Crippen molar-refractivity contribution in [1.82, 2.24) is 9.80 Å². The molecule has 0 spiro atoms. The number of rotatable bonds is 5. The van der Waals surface area contributed by atoms with Gasteiger partial charge >= 0.3 is 0 Å². The van der Waals surface area contributed by atoms with Gasteiger partial charge in [-0.1, -0.05) is 23.7 Å². The van der Waals surface area contributed by atoms with Crippen LogP contribution in [0, 0.1) is 6.92 Å². The molecule has 2 heterocycles. The number of hydrogen-bond donors (Lipinski definition) is 0. The minimum absolute atomic E-state index is 0.0463. The fraction of sp³-hybridized carbons (Fsp3) is 0.375. The summed E-state index contributed by atoms with van der Waals surface area (Å²) in [4.78, 5) is 32.4. The van der Waals surface area contributed by atoms with Crippen molar-refractivity contribution in [3.05, 3.63) is 52.5 Å². The summed E-state index contributed by atoms with van der Waals surface area (Å²) < 4.78 is 6.07. The molecule has 0 saturated carbocycles. The van der Waals surface area contributed by atoms with E-state index in [-0.39, 0.29) is 25.0 Å². The molecule has 4 rings (SSSR count). The third-order valence-corrected chi connectivity index (χ3v) is 6.25. The van der Waals surface area contributed by atoms with Crippen LogP contribution in [0.15, 0.2) is 41.4 Å². The lowest BCUT2D eigenvalue weighted by atomic mass is 9.99. The van der Waals surface area contributed by atoms with Gasteiger partial charge in [0.15, 0.2) is 0 Å². The van der Waals surface area contributed by atoms with Crippen molar-refractivity contribution in [3.8, 4) is 16.9 Å². The number of ether oxygens (including phenoxy) is 1. The van der Waals surface area contributed by atoms with Crippen molar-refractivity contribution in [2.45, 2.75) is 26.2 Å². The Bertz CT molecular complexity index is 1040.